The van der Waals surface area contributed by atoms with Crippen molar-refractivity contribution in [2.24, 2.45) is 5.92 Å². The first-order chi connectivity index (χ1) is 13.8. The monoisotopic (exact) mass is 436 g/mol. The van der Waals surface area contributed by atoms with Crippen molar-refractivity contribution in [1.82, 2.24) is 14.6 Å². The highest BCUT2D eigenvalue weighted by atomic mass is 32.2. The van der Waals surface area contributed by atoms with E-state index >= 15 is 0 Å². The van der Waals surface area contributed by atoms with Crippen LogP contribution >= 0.6 is 0 Å². The van der Waals surface area contributed by atoms with Gasteiger partial charge in [-0.05, 0) is 65.5 Å². The maximum Gasteiger partial charge on any atom is 0.264 e. The maximum absolute atomic E-state index is 12.8. The lowest BCUT2D eigenvalue weighted by Gasteiger charge is -2.30. The van der Waals surface area contributed by atoms with E-state index in [-0.39, 0.29) is 21.0 Å². The molecule has 11 heteroatoms. The average Bonchev–Trinajstić information content (AvgIpc) is 3.17. The Balaban J connectivity index is 1.57. The second-order valence-corrected chi connectivity index (χ2v) is 10.7. The van der Waals surface area contributed by atoms with Crippen LogP contribution in [-0.4, -0.2) is 44.5 Å². The van der Waals surface area contributed by atoms with Crippen LogP contribution in [0.25, 0.3) is 11.0 Å². The summed E-state index contributed by atoms with van der Waals surface area (Å²) in [4.78, 5) is 0.0626. The fraction of sp³-hybridized carbons (Fsp3) is 0.333. The highest BCUT2D eigenvalue weighted by molar-refractivity contribution is 7.93. The normalized spacial score (nSPS) is 18.7. The minimum absolute atomic E-state index is 0.0738. The van der Waals surface area contributed by atoms with Gasteiger partial charge in [0.2, 0.25) is 10.0 Å². The lowest BCUT2D eigenvalue weighted by molar-refractivity contribution is 0.281. The van der Waals surface area contributed by atoms with Crippen molar-refractivity contribution >= 4 is 36.8 Å². The number of anilines is 1. The third-order valence-corrected chi connectivity index (χ3v) is 8.19. The summed E-state index contributed by atoms with van der Waals surface area (Å²) in [7, 11) is -7.56. The standard InChI is InChI=1S/C18H20N4O5S2/c1-13-4-3-11-22(12-13)29(25,26)15-9-7-14(8-10-15)21-28(23,24)17-6-2-5-16-18(17)20-27-19-16/h2,5-10,13,21H,3-4,11-12H2,1H3/t13-/m1/s1. The van der Waals surface area contributed by atoms with Crippen LogP contribution < -0.4 is 4.72 Å². The molecule has 0 radical (unpaired) electrons. The third-order valence-electron chi connectivity index (χ3n) is 4.90. The fourth-order valence-corrected chi connectivity index (χ4v) is 6.23. The van der Waals surface area contributed by atoms with Gasteiger partial charge in [0.25, 0.3) is 10.0 Å². The average molecular weight is 437 g/mol. The number of rotatable bonds is 5. The molecule has 1 atom stereocenters. The Kier molecular flexibility index (Phi) is 5.05. The van der Waals surface area contributed by atoms with Crippen LogP contribution in [0.1, 0.15) is 19.8 Å². The van der Waals surface area contributed by atoms with Gasteiger partial charge < -0.3 is 0 Å². The van der Waals surface area contributed by atoms with Crippen LogP contribution in [0.5, 0.6) is 0 Å². The zero-order valence-corrected chi connectivity index (χ0v) is 17.3. The summed E-state index contributed by atoms with van der Waals surface area (Å²) >= 11 is 0. The molecule has 2 heterocycles. The van der Waals surface area contributed by atoms with Crippen molar-refractivity contribution in [2.45, 2.75) is 29.6 Å². The van der Waals surface area contributed by atoms with Gasteiger partial charge in [0, 0.05) is 18.8 Å². The molecule has 0 aliphatic carbocycles. The minimum Gasteiger partial charge on any atom is -0.280 e. The van der Waals surface area contributed by atoms with Gasteiger partial charge in [-0.25, -0.2) is 21.5 Å². The summed E-state index contributed by atoms with van der Waals surface area (Å²) in [5.41, 5.74) is 0.688. The van der Waals surface area contributed by atoms with E-state index in [4.69, 9.17) is 0 Å². The smallest absolute Gasteiger partial charge is 0.264 e. The number of fused-ring (bicyclic) bond motifs is 1. The molecule has 0 spiro atoms. The number of piperidine rings is 1. The van der Waals surface area contributed by atoms with E-state index in [1.165, 1.54) is 40.7 Å². The van der Waals surface area contributed by atoms with Crippen molar-refractivity contribution in [1.29, 1.82) is 0 Å². The van der Waals surface area contributed by atoms with Crippen LogP contribution in [0.15, 0.2) is 56.9 Å². The van der Waals surface area contributed by atoms with Gasteiger partial charge >= 0.3 is 0 Å². The first kappa shape index (κ1) is 19.8. The van der Waals surface area contributed by atoms with Crippen molar-refractivity contribution < 1.29 is 21.5 Å². The molecule has 0 amide bonds. The Morgan fingerprint density at radius 1 is 1.07 bits per heavy atom. The minimum atomic E-state index is -3.96. The topological polar surface area (TPSA) is 122 Å². The van der Waals surface area contributed by atoms with Crippen LogP contribution in [-0.2, 0) is 20.0 Å². The lowest BCUT2D eigenvalue weighted by Crippen LogP contribution is -2.39. The summed E-state index contributed by atoms with van der Waals surface area (Å²) < 4.78 is 59.6. The lowest BCUT2D eigenvalue weighted by atomic mass is 10.0. The second-order valence-electron chi connectivity index (χ2n) is 7.13. The molecule has 4 rings (SSSR count). The first-order valence-corrected chi connectivity index (χ1v) is 12.0. The zero-order chi connectivity index (χ0) is 20.6. The molecule has 9 nitrogen and oxygen atoms in total. The van der Waals surface area contributed by atoms with E-state index < -0.39 is 20.0 Å². The van der Waals surface area contributed by atoms with E-state index in [2.05, 4.69) is 19.7 Å². The van der Waals surface area contributed by atoms with Crippen molar-refractivity contribution in [3.05, 3.63) is 42.5 Å². The van der Waals surface area contributed by atoms with Gasteiger partial charge in [-0.15, -0.1) is 0 Å². The zero-order valence-electron chi connectivity index (χ0n) is 15.6. The maximum atomic E-state index is 12.8. The molecule has 3 aromatic rings. The van der Waals surface area contributed by atoms with E-state index in [1.807, 2.05) is 6.92 Å². The molecular formula is C18H20N4O5S2. The number of sulfonamides is 2. The Hall–Kier alpha value is -2.50. The van der Waals surface area contributed by atoms with E-state index in [0.717, 1.165) is 12.8 Å². The molecule has 1 aromatic heterocycles. The SMILES string of the molecule is C[C@@H]1CCCN(S(=O)(=O)c2ccc(NS(=O)(=O)c3cccc4nonc34)cc2)C1. The molecule has 1 fully saturated rings. The Morgan fingerprint density at radius 2 is 1.83 bits per heavy atom. The van der Waals surface area contributed by atoms with Crippen LogP contribution in [0.4, 0.5) is 5.69 Å². The van der Waals surface area contributed by atoms with Crippen LogP contribution in [0.3, 0.4) is 0 Å². The van der Waals surface area contributed by atoms with E-state index in [0.29, 0.717) is 24.5 Å². The highest BCUT2D eigenvalue weighted by Gasteiger charge is 2.28. The molecule has 29 heavy (non-hydrogen) atoms. The summed E-state index contributed by atoms with van der Waals surface area (Å²) in [5.74, 6) is 0.318. The highest BCUT2D eigenvalue weighted by Crippen LogP contribution is 2.26. The second kappa shape index (κ2) is 7.39. The third kappa shape index (κ3) is 3.85. The summed E-state index contributed by atoms with van der Waals surface area (Å²) in [6, 6.07) is 10.2. The first-order valence-electron chi connectivity index (χ1n) is 9.12. The molecule has 1 aliphatic heterocycles. The van der Waals surface area contributed by atoms with Crippen molar-refractivity contribution in [2.75, 3.05) is 17.8 Å². The number of nitrogens with zero attached hydrogens (tertiary/aromatic N) is 3. The molecule has 2 aromatic carbocycles. The van der Waals surface area contributed by atoms with Gasteiger partial charge in [-0.1, -0.05) is 13.0 Å². The largest absolute Gasteiger partial charge is 0.280 e. The van der Waals surface area contributed by atoms with Gasteiger partial charge in [0.1, 0.15) is 10.4 Å². The Morgan fingerprint density at radius 3 is 2.55 bits per heavy atom. The van der Waals surface area contributed by atoms with Crippen LogP contribution in [0.2, 0.25) is 0 Å². The van der Waals surface area contributed by atoms with E-state index in [9.17, 15) is 16.8 Å². The molecule has 1 aliphatic rings. The quantitative estimate of drug-likeness (QED) is 0.652. The Bertz CT molecular complexity index is 1240. The number of aromatic nitrogens is 2. The summed E-state index contributed by atoms with van der Waals surface area (Å²) in [5, 5.41) is 7.28. The molecule has 0 unspecified atom stereocenters. The molecule has 0 saturated carbocycles. The Labute approximate surface area is 168 Å². The fourth-order valence-electron chi connectivity index (χ4n) is 3.42. The molecule has 0 bridgehead atoms. The number of hydrogen-bond donors (Lipinski definition) is 1. The molecule has 1 saturated heterocycles. The van der Waals surface area contributed by atoms with Gasteiger partial charge in [0.05, 0.1) is 4.90 Å². The van der Waals surface area contributed by atoms with Gasteiger partial charge in [-0.3, -0.25) is 4.72 Å². The molecule has 1 N–H and O–H groups in total. The predicted molar refractivity (Wildman–Crippen MR) is 106 cm³/mol. The summed E-state index contributed by atoms with van der Waals surface area (Å²) in [6.07, 6.45) is 1.85. The van der Waals surface area contributed by atoms with Crippen LogP contribution in [0, 0.1) is 5.92 Å². The summed E-state index contributed by atoms with van der Waals surface area (Å²) in [6.45, 7) is 3.02. The van der Waals surface area contributed by atoms with Gasteiger partial charge in [0.15, 0.2) is 5.52 Å². The number of benzene rings is 2. The predicted octanol–water partition coefficient (Wildman–Crippen LogP) is 2.44. The molecular weight excluding hydrogens is 416 g/mol. The van der Waals surface area contributed by atoms with Gasteiger partial charge in [-0.2, -0.15) is 4.31 Å². The molecule has 154 valence electrons. The number of nitrogens with one attached hydrogen (secondary N) is 1. The van der Waals surface area contributed by atoms with Crippen molar-refractivity contribution in [3.63, 3.8) is 0 Å². The number of hydrogen-bond acceptors (Lipinski definition) is 7. The van der Waals surface area contributed by atoms with E-state index in [1.54, 1.807) is 6.07 Å². The van der Waals surface area contributed by atoms with Crippen molar-refractivity contribution in [3.8, 4) is 0 Å².